The topological polar surface area (TPSA) is 50.4 Å². The van der Waals surface area contributed by atoms with Gasteiger partial charge in [0.15, 0.2) is 5.96 Å². The van der Waals surface area contributed by atoms with Gasteiger partial charge in [-0.25, -0.2) is 0 Å². The molecule has 0 aromatic heterocycles. The van der Waals surface area contributed by atoms with Crippen LogP contribution in [-0.2, 0) is 5.41 Å². The minimum atomic E-state index is -0.0540. The SMILES string of the molecule is Cc1ccc(C(C)(C)CN=C(N)NC(C)(C)C)cc1. The lowest BCUT2D eigenvalue weighted by Gasteiger charge is -2.25. The quantitative estimate of drug-likeness (QED) is 0.649. The monoisotopic (exact) mass is 261 g/mol. The number of hydrogen-bond donors (Lipinski definition) is 2. The maximum atomic E-state index is 5.91. The van der Waals surface area contributed by atoms with Gasteiger partial charge in [0.25, 0.3) is 0 Å². The maximum absolute atomic E-state index is 5.91. The van der Waals surface area contributed by atoms with Gasteiger partial charge in [-0.3, -0.25) is 4.99 Å². The molecule has 1 aromatic carbocycles. The summed E-state index contributed by atoms with van der Waals surface area (Å²) in [5.74, 6) is 0.507. The average Bonchev–Trinajstić information content (AvgIpc) is 2.25. The van der Waals surface area contributed by atoms with Gasteiger partial charge in [-0.15, -0.1) is 0 Å². The zero-order valence-corrected chi connectivity index (χ0v) is 13.0. The lowest BCUT2D eigenvalue weighted by molar-refractivity contribution is 0.500. The first-order valence-electron chi connectivity index (χ1n) is 6.75. The highest BCUT2D eigenvalue weighted by molar-refractivity contribution is 5.78. The second kappa shape index (κ2) is 5.64. The van der Waals surface area contributed by atoms with Crippen molar-refractivity contribution in [3.8, 4) is 0 Å². The van der Waals surface area contributed by atoms with Crippen LogP contribution in [-0.4, -0.2) is 18.0 Å². The number of nitrogens with two attached hydrogens (primary N) is 1. The van der Waals surface area contributed by atoms with Crippen LogP contribution in [0.2, 0.25) is 0 Å². The molecule has 3 heteroatoms. The van der Waals surface area contributed by atoms with Crippen molar-refractivity contribution in [3.63, 3.8) is 0 Å². The molecule has 0 radical (unpaired) electrons. The van der Waals surface area contributed by atoms with Crippen molar-refractivity contribution in [2.45, 2.75) is 52.5 Å². The maximum Gasteiger partial charge on any atom is 0.189 e. The number of nitrogens with zero attached hydrogens (tertiary/aromatic N) is 1. The number of rotatable bonds is 3. The molecular formula is C16H27N3. The summed E-state index contributed by atoms with van der Waals surface area (Å²) in [5.41, 5.74) is 8.40. The van der Waals surface area contributed by atoms with Crippen molar-refractivity contribution in [1.82, 2.24) is 5.32 Å². The fourth-order valence-electron chi connectivity index (χ4n) is 1.80. The van der Waals surface area contributed by atoms with Gasteiger partial charge < -0.3 is 11.1 Å². The van der Waals surface area contributed by atoms with Crippen molar-refractivity contribution >= 4 is 5.96 Å². The molecule has 0 bridgehead atoms. The Morgan fingerprint density at radius 1 is 1.11 bits per heavy atom. The van der Waals surface area contributed by atoms with Crippen molar-refractivity contribution in [1.29, 1.82) is 0 Å². The van der Waals surface area contributed by atoms with E-state index in [1.54, 1.807) is 0 Å². The number of nitrogens with one attached hydrogen (secondary N) is 1. The van der Waals surface area contributed by atoms with E-state index >= 15 is 0 Å². The number of guanidine groups is 1. The number of aliphatic imine (C=N–C) groups is 1. The van der Waals surface area contributed by atoms with E-state index < -0.39 is 0 Å². The van der Waals surface area contributed by atoms with E-state index in [0.717, 1.165) is 0 Å². The molecule has 0 spiro atoms. The number of hydrogen-bond acceptors (Lipinski definition) is 1. The Labute approximate surface area is 117 Å². The minimum absolute atomic E-state index is 0.0160. The van der Waals surface area contributed by atoms with Gasteiger partial charge in [0.05, 0.1) is 6.54 Å². The fraction of sp³-hybridized carbons (Fsp3) is 0.562. The first-order valence-corrected chi connectivity index (χ1v) is 6.75. The predicted octanol–water partition coefficient (Wildman–Crippen LogP) is 2.98. The summed E-state index contributed by atoms with van der Waals surface area (Å²) >= 11 is 0. The van der Waals surface area contributed by atoms with Crippen LogP contribution in [0.25, 0.3) is 0 Å². The lowest BCUT2D eigenvalue weighted by Crippen LogP contribution is -2.45. The number of aryl methyl sites for hydroxylation is 1. The molecule has 0 saturated carbocycles. The van der Waals surface area contributed by atoms with E-state index in [9.17, 15) is 0 Å². The van der Waals surface area contributed by atoms with E-state index in [1.165, 1.54) is 11.1 Å². The van der Waals surface area contributed by atoms with E-state index in [0.29, 0.717) is 12.5 Å². The van der Waals surface area contributed by atoms with E-state index in [-0.39, 0.29) is 11.0 Å². The summed E-state index contributed by atoms with van der Waals surface area (Å²) in [5, 5.41) is 3.18. The molecule has 0 aliphatic rings. The van der Waals surface area contributed by atoms with Gasteiger partial charge in [-0.2, -0.15) is 0 Å². The lowest BCUT2D eigenvalue weighted by atomic mass is 9.84. The third-order valence-electron chi connectivity index (χ3n) is 2.98. The predicted molar refractivity (Wildman–Crippen MR) is 83.6 cm³/mol. The van der Waals surface area contributed by atoms with Gasteiger partial charge in [-0.1, -0.05) is 43.7 Å². The van der Waals surface area contributed by atoms with Gasteiger partial charge in [0.1, 0.15) is 0 Å². The summed E-state index contributed by atoms with van der Waals surface area (Å²) in [6.45, 7) is 13.4. The zero-order chi connectivity index (χ0) is 14.7. The molecule has 0 fully saturated rings. The molecule has 0 aliphatic carbocycles. The molecule has 0 aliphatic heterocycles. The second-order valence-electron chi connectivity index (χ2n) is 6.83. The molecule has 0 amide bonds. The standard InChI is InChI=1S/C16H27N3/c1-12-7-9-13(10-8-12)16(5,6)11-18-14(17)19-15(2,3)4/h7-10H,11H2,1-6H3,(H3,17,18,19). The summed E-state index contributed by atoms with van der Waals surface area (Å²) in [6.07, 6.45) is 0. The molecule has 1 rings (SSSR count). The smallest absolute Gasteiger partial charge is 0.189 e. The van der Waals surface area contributed by atoms with Crippen molar-refractivity contribution < 1.29 is 0 Å². The molecule has 106 valence electrons. The zero-order valence-electron chi connectivity index (χ0n) is 13.0. The van der Waals surface area contributed by atoms with Gasteiger partial charge in [-0.05, 0) is 33.3 Å². The molecule has 0 heterocycles. The molecule has 0 unspecified atom stereocenters. The number of benzene rings is 1. The minimum Gasteiger partial charge on any atom is -0.370 e. The fourth-order valence-corrected chi connectivity index (χ4v) is 1.80. The van der Waals surface area contributed by atoms with Crippen LogP contribution < -0.4 is 11.1 Å². The third-order valence-corrected chi connectivity index (χ3v) is 2.98. The normalized spacial score (nSPS) is 13.5. The Morgan fingerprint density at radius 3 is 2.11 bits per heavy atom. The van der Waals surface area contributed by atoms with Crippen LogP contribution in [0.3, 0.4) is 0 Å². The van der Waals surface area contributed by atoms with Crippen molar-refractivity contribution in [2.75, 3.05) is 6.54 Å². The van der Waals surface area contributed by atoms with Crippen LogP contribution in [0.4, 0.5) is 0 Å². The van der Waals surface area contributed by atoms with Gasteiger partial charge in [0, 0.05) is 11.0 Å². The van der Waals surface area contributed by atoms with Crippen LogP contribution in [0.15, 0.2) is 29.3 Å². The highest BCUT2D eigenvalue weighted by Crippen LogP contribution is 2.23. The van der Waals surface area contributed by atoms with E-state index in [1.807, 2.05) is 0 Å². The van der Waals surface area contributed by atoms with Crippen LogP contribution in [0.1, 0.15) is 45.7 Å². The molecule has 19 heavy (non-hydrogen) atoms. The Morgan fingerprint density at radius 2 is 1.63 bits per heavy atom. The second-order valence-corrected chi connectivity index (χ2v) is 6.83. The molecular weight excluding hydrogens is 234 g/mol. The van der Waals surface area contributed by atoms with Crippen molar-refractivity contribution in [3.05, 3.63) is 35.4 Å². The first-order chi connectivity index (χ1) is 8.60. The Bertz CT molecular complexity index is 436. The van der Waals surface area contributed by atoms with E-state index in [2.05, 4.69) is 76.1 Å². The van der Waals surface area contributed by atoms with Gasteiger partial charge in [0.2, 0.25) is 0 Å². The highest BCUT2D eigenvalue weighted by atomic mass is 15.1. The summed E-state index contributed by atoms with van der Waals surface area (Å²) < 4.78 is 0. The van der Waals surface area contributed by atoms with E-state index in [4.69, 9.17) is 5.73 Å². The molecule has 3 nitrogen and oxygen atoms in total. The Hall–Kier alpha value is -1.51. The average molecular weight is 261 g/mol. The largest absolute Gasteiger partial charge is 0.370 e. The Kier molecular flexibility index (Phi) is 4.61. The first kappa shape index (κ1) is 15.5. The Balaban J connectivity index is 2.74. The summed E-state index contributed by atoms with van der Waals surface area (Å²) in [7, 11) is 0. The molecule has 3 N–H and O–H groups in total. The summed E-state index contributed by atoms with van der Waals surface area (Å²) in [4.78, 5) is 4.46. The molecule has 0 saturated heterocycles. The third kappa shape index (κ3) is 5.33. The van der Waals surface area contributed by atoms with Crippen LogP contribution >= 0.6 is 0 Å². The van der Waals surface area contributed by atoms with Crippen molar-refractivity contribution in [2.24, 2.45) is 10.7 Å². The highest BCUT2D eigenvalue weighted by Gasteiger charge is 2.20. The summed E-state index contributed by atoms with van der Waals surface area (Å²) in [6, 6.07) is 8.60. The van der Waals surface area contributed by atoms with Crippen LogP contribution in [0, 0.1) is 6.92 Å². The molecule has 1 aromatic rings. The molecule has 0 atom stereocenters. The van der Waals surface area contributed by atoms with Gasteiger partial charge >= 0.3 is 0 Å². The van der Waals surface area contributed by atoms with Crippen LogP contribution in [0.5, 0.6) is 0 Å².